The topological polar surface area (TPSA) is 37.6 Å². The number of ether oxygens (including phenoxy) is 1. The van der Waals surface area contributed by atoms with Crippen LogP contribution in [0.1, 0.15) is 17.1 Å². The molecule has 0 amide bonds. The first-order chi connectivity index (χ1) is 7.79. The van der Waals surface area contributed by atoms with Gasteiger partial charge in [-0.25, -0.2) is 0 Å². The Morgan fingerprint density at radius 2 is 2.12 bits per heavy atom. The summed E-state index contributed by atoms with van der Waals surface area (Å²) in [5.74, 6) is 2.09. The average molecular weight is 224 g/mol. The van der Waals surface area contributed by atoms with Gasteiger partial charge in [-0.1, -0.05) is 0 Å². The molecule has 1 N–H and O–H groups in total. The van der Waals surface area contributed by atoms with Gasteiger partial charge in [-0.05, 0) is 20.0 Å². The minimum Gasteiger partial charge on any atom is -0.465 e. The molecule has 0 saturated carbocycles. The molecule has 0 aliphatic carbocycles. The lowest BCUT2D eigenvalue weighted by Crippen LogP contribution is -2.35. The molecule has 0 atom stereocenters. The van der Waals surface area contributed by atoms with Crippen LogP contribution in [0.4, 0.5) is 0 Å². The highest BCUT2D eigenvalue weighted by atomic mass is 16.5. The van der Waals surface area contributed by atoms with Crippen molar-refractivity contribution in [1.29, 1.82) is 0 Å². The van der Waals surface area contributed by atoms with Gasteiger partial charge < -0.3 is 14.5 Å². The molecule has 4 nitrogen and oxygen atoms in total. The van der Waals surface area contributed by atoms with Crippen LogP contribution in [0.2, 0.25) is 0 Å². The second-order valence-corrected chi connectivity index (χ2v) is 4.21. The minimum atomic E-state index is 0.836. The molecular formula is C12H20N2O2. The molecule has 1 saturated heterocycles. The van der Waals surface area contributed by atoms with E-state index in [1.54, 1.807) is 0 Å². The fourth-order valence-corrected chi connectivity index (χ4v) is 2.01. The highest BCUT2D eigenvalue weighted by Crippen LogP contribution is 2.16. The number of furan rings is 1. The van der Waals surface area contributed by atoms with Gasteiger partial charge in [-0.3, -0.25) is 4.90 Å². The fourth-order valence-electron chi connectivity index (χ4n) is 2.01. The molecule has 2 rings (SSSR count). The number of hydrogen-bond acceptors (Lipinski definition) is 4. The first-order valence-corrected chi connectivity index (χ1v) is 5.82. The monoisotopic (exact) mass is 224 g/mol. The number of aryl methyl sites for hydroxylation is 1. The molecule has 90 valence electrons. The largest absolute Gasteiger partial charge is 0.465 e. The molecule has 16 heavy (non-hydrogen) atoms. The van der Waals surface area contributed by atoms with Gasteiger partial charge in [0.25, 0.3) is 0 Å². The molecule has 1 fully saturated rings. The van der Waals surface area contributed by atoms with E-state index in [4.69, 9.17) is 9.15 Å². The molecule has 0 bridgehead atoms. The summed E-state index contributed by atoms with van der Waals surface area (Å²) in [5.41, 5.74) is 1.26. The maximum atomic E-state index is 5.75. The minimum absolute atomic E-state index is 0.836. The van der Waals surface area contributed by atoms with Crippen molar-refractivity contribution in [2.24, 2.45) is 0 Å². The van der Waals surface area contributed by atoms with Gasteiger partial charge in [0.1, 0.15) is 11.5 Å². The van der Waals surface area contributed by atoms with Crippen LogP contribution in [-0.2, 0) is 17.8 Å². The van der Waals surface area contributed by atoms with Crippen molar-refractivity contribution in [3.05, 3.63) is 23.2 Å². The van der Waals surface area contributed by atoms with Crippen LogP contribution in [0, 0.1) is 6.92 Å². The lowest BCUT2D eigenvalue weighted by Gasteiger charge is -2.25. The van der Waals surface area contributed by atoms with Crippen LogP contribution < -0.4 is 5.32 Å². The van der Waals surface area contributed by atoms with Crippen LogP contribution in [0.5, 0.6) is 0 Å². The van der Waals surface area contributed by atoms with Crippen molar-refractivity contribution >= 4 is 0 Å². The Morgan fingerprint density at radius 1 is 1.38 bits per heavy atom. The molecule has 1 aromatic heterocycles. The highest BCUT2D eigenvalue weighted by Gasteiger charge is 2.14. The summed E-state index contributed by atoms with van der Waals surface area (Å²) in [5, 5.41) is 3.15. The van der Waals surface area contributed by atoms with Crippen LogP contribution in [0.15, 0.2) is 10.5 Å². The second-order valence-electron chi connectivity index (χ2n) is 4.21. The molecule has 4 heteroatoms. The molecule has 1 aliphatic rings. The Morgan fingerprint density at radius 3 is 2.81 bits per heavy atom. The summed E-state index contributed by atoms with van der Waals surface area (Å²) in [6, 6.07) is 2.15. The molecule has 1 aliphatic heterocycles. The fraction of sp³-hybridized carbons (Fsp3) is 0.667. The Balaban J connectivity index is 1.95. The van der Waals surface area contributed by atoms with Crippen molar-refractivity contribution in [1.82, 2.24) is 10.2 Å². The zero-order valence-corrected chi connectivity index (χ0v) is 10.1. The highest BCUT2D eigenvalue weighted by molar-refractivity contribution is 5.20. The first kappa shape index (κ1) is 11.6. The number of hydrogen-bond donors (Lipinski definition) is 1. The van der Waals surface area contributed by atoms with E-state index in [0.29, 0.717) is 0 Å². The molecule has 1 aromatic rings. The molecular weight excluding hydrogens is 204 g/mol. The van der Waals surface area contributed by atoms with Crippen LogP contribution in [0.3, 0.4) is 0 Å². The van der Waals surface area contributed by atoms with Gasteiger partial charge in [-0.15, -0.1) is 0 Å². The standard InChI is InChI=1S/C12H20N2O2/c1-10-11(8-13-2)7-12(16-10)9-14-3-5-15-6-4-14/h7,13H,3-6,8-9H2,1-2H3. The third kappa shape index (κ3) is 2.84. The molecule has 2 heterocycles. The van der Waals surface area contributed by atoms with E-state index in [1.165, 1.54) is 5.56 Å². The van der Waals surface area contributed by atoms with Crippen molar-refractivity contribution in [3.8, 4) is 0 Å². The predicted molar refractivity (Wildman–Crippen MR) is 62.3 cm³/mol. The van der Waals surface area contributed by atoms with Crippen LogP contribution >= 0.6 is 0 Å². The van der Waals surface area contributed by atoms with Gasteiger partial charge in [0.2, 0.25) is 0 Å². The zero-order chi connectivity index (χ0) is 11.4. The van der Waals surface area contributed by atoms with Crippen LogP contribution in [-0.4, -0.2) is 38.3 Å². The quantitative estimate of drug-likeness (QED) is 0.832. The van der Waals surface area contributed by atoms with E-state index < -0.39 is 0 Å². The van der Waals surface area contributed by atoms with Crippen molar-refractivity contribution < 1.29 is 9.15 Å². The number of morpholine rings is 1. The molecule has 0 spiro atoms. The molecule has 0 radical (unpaired) electrons. The van der Waals surface area contributed by atoms with Gasteiger partial charge >= 0.3 is 0 Å². The van der Waals surface area contributed by atoms with Gasteiger partial charge in [0.05, 0.1) is 19.8 Å². The lowest BCUT2D eigenvalue weighted by atomic mass is 10.2. The third-order valence-corrected chi connectivity index (χ3v) is 2.92. The van der Waals surface area contributed by atoms with E-state index in [0.717, 1.165) is 50.9 Å². The summed E-state index contributed by atoms with van der Waals surface area (Å²) in [7, 11) is 1.95. The maximum absolute atomic E-state index is 5.75. The van der Waals surface area contributed by atoms with E-state index in [2.05, 4.69) is 16.3 Å². The maximum Gasteiger partial charge on any atom is 0.118 e. The number of rotatable bonds is 4. The van der Waals surface area contributed by atoms with E-state index in [-0.39, 0.29) is 0 Å². The Labute approximate surface area is 96.6 Å². The SMILES string of the molecule is CNCc1cc(CN2CCOCC2)oc1C. The van der Waals surface area contributed by atoms with Crippen molar-refractivity contribution in [3.63, 3.8) is 0 Å². The summed E-state index contributed by atoms with van der Waals surface area (Å²) in [6.45, 7) is 7.47. The average Bonchev–Trinajstić information content (AvgIpc) is 2.61. The van der Waals surface area contributed by atoms with Gasteiger partial charge in [0.15, 0.2) is 0 Å². The first-order valence-electron chi connectivity index (χ1n) is 5.82. The predicted octanol–water partition coefficient (Wildman–Crippen LogP) is 1.14. The number of nitrogens with one attached hydrogen (secondary N) is 1. The molecule has 0 aromatic carbocycles. The Hall–Kier alpha value is -0.840. The Bertz CT molecular complexity index is 330. The summed E-state index contributed by atoms with van der Waals surface area (Å²) in [4.78, 5) is 2.37. The van der Waals surface area contributed by atoms with E-state index in [1.807, 2.05) is 14.0 Å². The Kier molecular flexibility index (Phi) is 3.98. The second kappa shape index (κ2) is 5.48. The van der Waals surface area contributed by atoms with Gasteiger partial charge in [0, 0.05) is 25.2 Å². The normalized spacial score (nSPS) is 17.9. The number of nitrogens with zero attached hydrogens (tertiary/aromatic N) is 1. The van der Waals surface area contributed by atoms with E-state index >= 15 is 0 Å². The van der Waals surface area contributed by atoms with Crippen LogP contribution in [0.25, 0.3) is 0 Å². The lowest BCUT2D eigenvalue weighted by molar-refractivity contribution is 0.0312. The smallest absolute Gasteiger partial charge is 0.118 e. The third-order valence-electron chi connectivity index (χ3n) is 2.92. The zero-order valence-electron chi connectivity index (χ0n) is 10.1. The molecule has 0 unspecified atom stereocenters. The summed E-state index contributed by atoms with van der Waals surface area (Å²) in [6.07, 6.45) is 0. The summed E-state index contributed by atoms with van der Waals surface area (Å²) >= 11 is 0. The van der Waals surface area contributed by atoms with E-state index in [9.17, 15) is 0 Å². The summed E-state index contributed by atoms with van der Waals surface area (Å²) < 4.78 is 11.1. The van der Waals surface area contributed by atoms with Crippen molar-refractivity contribution in [2.45, 2.75) is 20.0 Å². The van der Waals surface area contributed by atoms with Gasteiger partial charge in [-0.2, -0.15) is 0 Å². The van der Waals surface area contributed by atoms with Crippen molar-refractivity contribution in [2.75, 3.05) is 33.4 Å².